The number of thiophene rings is 1. The van der Waals surface area contributed by atoms with E-state index in [4.69, 9.17) is 11.0 Å². The Morgan fingerprint density at radius 3 is 2.43 bits per heavy atom. The summed E-state index contributed by atoms with van der Waals surface area (Å²) in [7, 11) is 0. The number of anilines is 3. The number of thiazole rings is 1. The maximum absolute atomic E-state index is 13.0. The van der Waals surface area contributed by atoms with Gasteiger partial charge in [0.05, 0.1) is 18.3 Å². The molecule has 5 rings (SSSR count). The summed E-state index contributed by atoms with van der Waals surface area (Å²) < 4.78 is 7.85. The molecule has 0 unspecified atom stereocenters. The first kappa shape index (κ1) is 22.2. The fourth-order valence-corrected chi connectivity index (χ4v) is 5.19. The zero-order valence-electron chi connectivity index (χ0n) is 18.2. The zero-order chi connectivity index (χ0) is 24.2. The zero-order valence-corrected chi connectivity index (χ0v) is 19.8. The quantitative estimate of drug-likeness (QED) is 0.308. The van der Waals surface area contributed by atoms with Crippen LogP contribution in [0.3, 0.4) is 0 Å². The van der Waals surface area contributed by atoms with Crippen LogP contribution in [0.2, 0.25) is 0 Å². The minimum Gasteiger partial charge on any atom is -0.440 e. The fraction of sp³-hybridized carbons (Fsp3) is 0. The molecule has 2 aromatic carbocycles. The third-order valence-corrected chi connectivity index (χ3v) is 6.80. The lowest BCUT2D eigenvalue weighted by molar-refractivity contribution is 0.563. The molecule has 0 amide bonds. The first-order chi connectivity index (χ1) is 17.2. The van der Waals surface area contributed by atoms with E-state index in [1.807, 2.05) is 94.5 Å². The molecule has 0 atom stereocenters. The van der Waals surface area contributed by atoms with Crippen molar-refractivity contribution >= 4 is 51.7 Å². The Morgan fingerprint density at radius 1 is 1.03 bits per heavy atom. The van der Waals surface area contributed by atoms with E-state index >= 15 is 0 Å². The Hall–Kier alpha value is -4.63. The van der Waals surface area contributed by atoms with Gasteiger partial charge in [-0.2, -0.15) is 11.3 Å². The number of rotatable bonds is 5. The van der Waals surface area contributed by atoms with Crippen LogP contribution < -0.4 is 19.7 Å². The summed E-state index contributed by atoms with van der Waals surface area (Å²) in [4.78, 5) is 18.3. The van der Waals surface area contributed by atoms with Gasteiger partial charge in [-0.15, -0.1) is 0 Å². The molecule has 35 heavy (non-hydrogen) atoms. The van der Waals surface area contributed by atoms with E-state index in [0.29, 0.717) is 27.3 Å². The lowest BCUT2D eigenvalue weighted by Gasteiger charge is -2.20. The van der Waals surface area contributed by atoms with Gasteiger partial charge in [-0.25, -0.2) is 10.1 Å². The molecule has 3 heterocycles. The average Bonchev–Trinajstić information content (AvgIpc) is 3.64. The molecule has 0 radical (unpaired) electrons. The molecule has 8 heteroatoms. The summed E-state index contributed by atoms with van der Waals surface area (Å²) in [5, 5.41) is 13.8. The van der Waals surface area contributed by atoms with Crippen molar-refractivity contribution in [3.8, 4) is 11.8 Å². The van der Waals surface area contributed by atoms with Gasteiger partial charge in [0.25, 0.3) is 10.4 Å². The molecule has 0 aliphatic rings. The number of aromatic nitrogens is 1. The topological polar surface area (TPSA) is 66.5 Å². The minimum absolute atomic E-state index is 0.136. The second-order valence-corrected chi connectivity index (χ2v) is 9.04. The van der Waals surface area contributed by atoms with Gasteiger partial charge in [0.2, 0.25) is 5.88 Å². The molecule has 6 nitrogen and oxygen atoms in total. The maximum Gasteiger partial charge on any atom is 0.295 e. The molecule has 0 saturated heterocycles. The molecule has 5 aromatic rings. The summed E-state index contributed by atoms with van der Waals surface area (Å²) in [6.45, 7) is 7.38. The normalized spacial score (nSPS) is 12.1. The van der Waals surface area contributed by atoms with Crippen LogP contribution in [-0.4, -0.2) is 4.57 Å². The van der Waals surface area contributed by atoms with Crippen molar-refractivity contribution in [1.29, 1.82) is 5.26 Å². The molecule has 0 saturated carbocycles. The van der Waals surface area contributed by atoms with E-state index in [1.54, 1.807) is 28.0 Å². The Bertz CT molecular complexity index is 1720. The van der Waals surface area contributed by atoms with Crippen LogP contribution in [0, 0.1) is 17.9 Å². The highest BCUT2D eigenvalue weighted by atomic mass is 32.1. The van der Waals surface area contributed by atoms with Gasteiger partial charge in [0.15, 0.2) is 0 Å². The van der Waals surface area contributed by atoms with E-state index in [9.17, 15) is 10.1 Å². The van der Waals surface area contributed by atoms with E-state index in [0.717, 1.165) is 22.7 Å². The Balaban J connectivity index is 1.70. The minimum atomic E-state index is -0.268. The second-order valence-electron chi connectivity index (χ2n) is 7.30. The largest absolute Gasteiger partial charge is 0.440 e. The Labute approximate surface area is 208 Å². The maximum atomic E-state index is 13.0. The van der Waals surface area contributed by atoms with Crippen LogP contribution in [0.25, 0.3) is 22.3 Å². The van der Waals surface area contributed by atoms with Crippen LogP contribution >= 0.6 is 22.7 Å². The molecular formula is C27H16N4O2S2. The van der Waals surface area contributed by atoms with E-state index < -0.39 is 0 Å². The van der Waals surface area contributed by atoms with Crippen molar-refractivity contribution < 1.29 is 4.42 Å². The molecular weight excluding hydrogens is 476 g/mol. The van der Waals surface area contributed by atoms with Crippen LogP contribution in [-0.2, 0) is 0 Å². The number of para-hydroxylation sites is 2. The summed E-state index contributed by atoms with van der Waals surface area (Å²) in [5.74, 6) is 1.07. The van der Waals surface area contributed by atoms with Gasteiger partial charge in [-0.3, -0.25) is 9.69 Å². The summed E-state index contributed by atoms with van der Waals surface area (Å²) in [5.41, 5.74) is 2.45. The van der Waals surface area contributed by atoms with Gasteiger partial charge in [0, 0.05) is 28.9 Å². The molecule has 0 spiro atoms. The van der Waals surface area contributed by atoms with Crippen LogP contribution in [0.5, 0.6) is 0 Å². The molecule has 0 aliphatic heterocycles. The monoisotopic (exact) mass is 492 g/mol. The van der Waals surface area contributed by atoms with Crippen molar-refractivity contribution in [2.45, 2.75) is 0 Å². The predicted molar refractivity (Wildman–Crippen MR) is 140 cm³/mol. The molecule has 0 bridgehead atoms. The van der Waals surface area contributed by atoms with E-state index in [1.165, 1.54) is 0 Å². The molecule has 0 fully saturated rings. The number of furan rings is 1. The van der Waals surface area contributed by atoms with Gasteiger partial charge in [-0.05, 0) is 41.8 Å². The van der Waals surface area contributed by atoms with Crippen molar-refractivity contribution in [1.82, 2.24) is 4.57 Å². The second kappa shape index (κ2) is 9.70. The number of nitriles is 1. The van der Waals surface area contributed by atoms with Crippen LogP contribution in [0.4, 0.5) is 17.3 Å². The highest BCUT2D eigenvalue weighted by molar-refractivity contribution is 7.08. The molecule has 168 valence electrons. The van der Waals surface area contributed by atoms with E-state index in [2.05, 4.69) is 4.85 Å². The van der Waals surface area contributed by atoms with Gasteiger partial charge in [-0.1, -0.05) is 47.7 Å². The molecule has 0 aliphatic carbocycles. The van der Waals surface area contributed by atoms with Crippen molar-refractivity contribution in [2.24, 2.45) is 0 Å². The first-order valence-electron chi connectivity index (χ1n) is 10.5. The van der Waals surface area contributed by atoms with Crippen molar-refractivity contribution in [2.75, 3.05) is 4.90 Å². The fourth-order valence-electron chi connectivity index (χ4n) is 3.66. The van der Waals surface area contributed by atoms with Crippen molar-refractivity contribution in [3.05, 3.63) is 126 Å². The third kappa shape index (κ3) is 4.32. The van der Waals surface area contributed by atoms with Crippen LogP contribution in [0.15, 0.2) is 98.8 Å². The number of nitrogens with zero attached hydrogens (tertiary/aromatic N) is 4. The molecule has 0 N–H and O–H groups in total. The highest BCUT2D eigenvalue weighted by Crippen LogP contribution is 2.36. The highest BCUT2D eigenvalue weighted by Gasteiger charge is 2.17. The van der Waals surface area contributed by atoms with Gasteiger partial charge in [0.1, 0.15) is 15.8 Å². The third-order valence-electron chi connectivity index (χ3n) is 5.17. The van der Waals surface area contributed by atoms with Crippen LogP contribution in [0.1, 0.15) is 5.76 Å². The van der Waals surface area contributed by atoms with Gasteiger partial charge >= 0.3 is 0 Å². The lowest BCUT2D eigenvalue weighted by atomic mass is 10.2. The number of benzene rings is 2. The van der Waals surface area contributed by atoms with E-state index in [-0.39, 0.29) is 10.4 Å². The number of hydrogen-bond acceptors (Lipinski definition) is 6. The summed E-state index contributed by atoms with van der Waals surface area (Å²) in [6, 6.07) is 26.6. The lowest BCUT2D eigenvalue weighted by Crippen LogP contribution is -2.31. The first-order valence-corrected chi connectivity index (χ1v) is 12.2. The summed E-state index contributed by atoms with van der Waals surface area (Å²) in [6.07, 6.45) is 1.65. The average molecular weight is 493 g/mol. The molecule has 3 aromatic heterocycles. The smallest absolute Gasteiger partial charge is 0.295 e. The standard InChI is InChI=1S/C27H16N4O2S2/c1-29-23(17-28)26-31(20-10-6-3-7-11-20)24(27(32)35-26)16-22-12-13-25(33-22)30(21-14-15-34-18-21)19-8-4-2-5-9-19/h2-16,18H/b24-16-,26-23+. The Morgan fingerprint density at radius 2 is 1.77 bits per heavy atom. The SMILES string of the molecule is [C-]#[N+]/C(C#N)=c1/sc(=O)/c(=C/c2ccc(N(c3ccccc3)c3ccsc3)o2)n1-c1ccccc1. The predicted octanol–water partition coefficient (Wildman–Crippen LogP) is 5.40. The van der Waals surface area contributed by atoms with Gasteiger partial charge < -0.3 is 8.98 Å². The Kier molecular flexibility index (Phi) is 6.15. The van der Waals surface area contributed by atoms with Crippen molar-refractivity contribution in [3.63, 3.8) is 0 Å². The summed E-state index contributed by atoms with van der Waals surface area (Å²) >= 11 is 2.46. The number of hydrogen-bond donors (Lipinski definition) is 0.